The van der Waals surface area contributed by atoms with E-state index in [1.807, 2.05) is 24.3 Å². The third-order valence-corrected chi connectivity index (χ3v) is 3.73. The second-order valence-electron chi connectivity index (χ2n) is 5.59. The van der Waals surface area contributed by atoms with Crippen LogP contribution in [-0.2, 0) is 6.54 Å². The average molecular weight is 307 g/mol. The molecule has 1 aromatic carbocycles. The average Bonchev–Trinajstić information content (AvgIpc) is 2.53. The van der Waals surface area contributed by atoms with Crippen LogP contribution in [0.3, 0.4) is 0 Å². The first kappa shape index (κ1) is 15.0. The van der Waals surface area contributed by atoms with Gasteiger partial charge in [-0.25, -0.2) is 0 Å². The van der Waals surface area contributed by atoms with E-state index in [2.05, 4.69) is 9.97 Å². The molecule has 5 heteroatoms. The molecule has 2 heterocycles. The van der Waals surface area contributed by atoms with Crippen LogP contribution in [0.5, 0.6) is 0 Å². The lowest BCUT2D eigenvalue weighted by atomic mass is 10.1. The number of aromatic amines is 1. The summed E-state index contributed by atoms with van der Waals surface area (Å²) in [4.78, 5) is 32.8. The molecule has 3 rings (SSSR count). The van der Waals surface area contributed by atoms with Gasteiger partial charge in [0.25, 0.3) is 5.91 Å². The molecule has 2 aromatic heterocycles. The van der Waals surface area contributed by atoms with Gasteiger partial charge in [-0.2, -0.15) is 0 Å². The maximum absolute atomic E-state index is 12.5. The summed E-state index contributed by atoms with van der Waals surface area (Å²) in [6, 6.07) is 10.7. The molecule has 1 N–H and O–H groups in total. The lowest BCUT2D eigenvalue weighted by Gasteiger charge is -2.18. The van der Waals surface area contributed by atoms with Crippen molar-refractivity contribution in [1.82, 2.24) is 14.9 Å². The zero-order valence-corrected chi connectivity index (χ0v) is 13.0. The number of carbonyl (C=O) groups excluding carboxylic acids is 1. The molecule has 0 aliphatic carbocycles. The standard InChI is InChI=1S/C18H17N3O2/c1-12-8-15(22)9-17(20-12)18(23)21(2)11-14-5-3-4-13-10-19-7-6-16(13)14/h3-10H,11H2,1-2H3,(H,20,22). The molecule has 0 fully saturated rings. The maximum atomic E-state index is 12.5. The van der Waals surface area contributed by atoms with E-state index in [4.69, 9.17) is 0 Å². The minimum absolute atomic E-state index is 0.172. The number of hydrogen-bond donors (Lipinski definition) is 1. The lowest BCUT2D eigenvalue weighted by molar-refractivity contribution is 0.0779. The molecule has 0 unspecified atom stereocenters. The lowest BCUT2D eigenvalue weighted by Crippen LogP contribution is -2.28. The fraction of sp³-hybridized carbons (Fsp3) is 0.167. The first-order valence-electron chi connectivity index (χ1n) is 7.32. The van der Waals surface area contributed by atoms with Gasteiger partial charge < -0.3 is 9.88 Å². The first-order valence-corrected chi connectivity index (χ1v) is 7.32. The van der Waals surface area contributed by atoms with Gasteiger partial charge in [0.1, 0.15) is 5.69 Å². The molecule has 0 bridgehead atoms. The SMILES string of the molecule is Cc1cc(=O)cc(C(=O)N(C)Cc2cccc3cnccc23)[nH]1. The molecule has 0 radical (unpaired) electrons. The van der Waals surface area contributed by atoms with Crippen LogP contribution in [0.25, 0.3) is 10.8 Å². The molecule has 0 aliphatic rings. The van der Waals surface area contributed by atoms with Crippen molar-refractivity contribution in [3.8, 4) is 0 Å². The molecular weight excluding hydrogens is 290 g/mol. The number of carbonyl (C=O) groups is 1. The Labute approximate surface area is 133 Å². The van der Waals surface area contributed by atoms with Crippen LogP contribution in [0.4, 0.5) is 0 Å². The fourth-order valence-electron chi connectivity index (χ4n) is 2.66. The van der Waals surface area contributed by atoms with Gasteiger partial charge in [0.15, 0.2) is 5.43 Å². The number of amides is 1. The van der Waals surface area contributed by atoms with E-state index in [0.717, 1.165) is 16.3 Å². The molecule has 3 aromatic rings. The Kier molecular flexibility index (Phi) is 3.93. The highest BCUT2D eigenvalue weighted by Gasteiger charge is 2.14. The van der Waals surface area contributed by atoms with Crippen LogP contribution in [0.1, 0.15) is 21.7 Å². The van der Waals surface area contributed by atoms with E-state index in [0.29, 0.717) is 17.9 Å². The number of aromatic nitrogens is 2. The van der Waals surface area contributed by atoms with Crippen LogP contribution in [0, 0.1) is 6.92 Å². The highest BCUT2D eigenvalue weighted by atomic mass is 16.2. The number of pyridine rings is 2. The molecule has 5 nitrogen and oxygen atoms in total. The monoisotopic (exact) mass is 307 g/mol. The number of aryl methyl sites for hydroxylation is 1. The topological polar surface area (TPSA) is 66.1 Å². The third-order valence-electron chi connectivity index (χ3n) is 3.73. The van der Waals surface area contributed by atoms with E-state index in [1.165, 1.54) is 12.1 Å². The molecule has 0 aliphatic heterocycles. The Morgan fingerprint density at radius 2 is 2.09 bits per heavy atom. The summed E-state index contributed by atoms with van der Waals surface area (Å²) >= 11 is 0. The van der Waals surface area contributed by atoms with E-state index < -0.39 is 0 Å². The molecule has 0 spiro atoms. The predicted molar refractivity (Wildman–Crippen MR) is 89.3 cm³/mol. The van der Waals surface area contributed by atoms with Gasteiger partial charge in [-0.3, -0.25) is 14.6 Å². The largest absolute Gasteiger partial charge is 0.354 e. The molecule has 0 saturated carbocycles. The fourth-order valence-corrected chi connectivity index (χ4v) is 2.66. The Bertz CT molecular complexity index is 925. The van der Waals surface area contributed by atoms with Crippen LogP contribution in [0.2, 0.25) is 0 Å². The predicted octanol–water partition coefficient (Wildman–Crippen LogP) is 2.50. The zero-order valence-electron chi connectivity index (χ0n) is 13.0. The Morgan fingerprint density at radius 3 is 2.87 bits per heavy atom. The van der Waals surface area contributed by atoms with E-state index in [9.17, 15) is 9.59 Å². The number of fused-ring (bicyclic) bond motifs is 1. The summed E-state index contributed by atoms with van der Waals surface area (Å²) in [5, 5.41) is 2.11. The van der Waals surface area contributed by atoms with Crippen molar-refractivity contribution in [3.05, 3.63) is 76.0 Å². The van der Waals surface area contributed by atoms with E-state index >= 15 is 0 Å². The van der Waals surface area contributed by atoms with Gasteiger partial charge in [0.05, 0.1) is 0 Å². The van der Waals surface area contributed by atoms with Gasteiger partial charge in [-0.1, -0.05) is 18.2 Å². The van der Waals surface area contributed by atoms with Crippen molar-refractivity contribution >= 4 is 16.7 Å². The first-order chi connectivity index (χ1) is 11.0. The Balaban J connectivity index is 1.89. The number of rotatable bonds is 3. The Hall–Kier alpha value is -2.95. The van der Waals surface area contributed by atoms with Crippen molar-refractivity contribution in [2.75, 3.05) is 7.05 Å². The molecule has 0 saturated heterocycles. The number of H-pyrrole nitrogens is 1. The quantitative estimate of drug-likeness (QED) is 0.808. The van der Waals surface area contributed by atoms with Gasteiger partial charge in [0, 0.05) is 49.2 Å². The molecule has 23 heavy (non-hydrogen) atoms. The van der Waals surface area contributed by atoms with E-state index in [-0.39, 0.29) is 11.3 Å². The van der Waals surface area contributed by atoms with Crippen LogP contribution in [-0.4, -0.2) is 27.8 Å². The number of nitrogens with one attached hydrogen (secondary N) is 1. The summed E-state index contributed by atoms with van der Waals surface area (Å²) in [5.41, 5.74) is 1.84. The third kappa shape index (κ3) is 3.13. The minimum atomic E-state index is -0.211. The van der Waals surface area contributed by atoms with Crippen molar-refractivity contribution < 1.29 is 4.79 Å². The summed E-state index contributed by atoms with van der Waals surface area (Å²) in [5.74, 6) is -0.211. The normalized spacial score (nSPS) is 10.7. The number of benzene rings is 1. The van der Waals surface area contributed by atoms with Crippen LogP contribution < -0.4 is 5.43 Å². The smallest absolute Gasteiger partial charge is 0.270 e. The highest BCUT2D eigenvalue weighted by Crippen LogP contribution is 2.19. The van der Waals surface area contributed by atoms with Gasteiger partial charge in [-0.15, -0.1) is 0 Å². The summed E-state index contributed by atoms with van der Waals surface area (Å²) in [6.07, 6.45) is 3.55. The van der Waals surface area contributed by atoms with Crippen molar-refractivity contribution in [1.29, 1.82) is 0 Å². The van der Waals surface area contributed by atoms with Crippen molar-refractivity contribution in [2.24, 2.45) is 0 Å². The minimum Gasteiger partial charge on any atom is -0.354 e. The summed E-state index contributed by atoms with van der Waals surface area (Å²) in [6.45, 7) is 2.21. The van der Waals surface area contributed by atoms with Gasteiger partial charge in [-0.05, 0) is 23.9 Å². The molecular formula is C18H17N3O2. The van der Waals surface area contributed by atoms with E-state index in [1.54, 1.807) is 31.3 Å². The molecule has 0 atom stereocenters. The van der Waals surface area contributed by atoms with Crippen molar-refractivity contribution in [3.63, 3.8) is 0 Å². The zero-order chi connectivity index (χ0) is 16.4. The maximum Gasteiger partial charge on any atom is 0.270 e. The second-order valence-corrected chi connectivity index (χ2v) is 5.59. The molecule has 116 valence electrons. The highest BCUT2D eigenvalue weighted by molar-refractivity contribution is 5.92. The van der Waals surface area contributed by atoms with Gasteiger partial charge in [0.2, 0.25) is 0 Å². The van der Waals surface area contributed by atoms with Crippen molar-refractivity contribution in [2.45, 2.75) is 13.5 Å². The second kappa shape index (κ2) is 6.04. The molecule has 1 amide bonds. The number of nitrogens with zero attached hydrogens (tertiary/aromatic N) is 2. The van der Waals surface area contributed by atoms with Crippen LogP contribution >= 0.6 is 0 Å². The summed E-state index contributed by atoms with van der Waals surface area (Å²) in [7, 11) is 1.73. The Morgan fingerprint density at radius 1 is 1.26 bits per heavy atom. The van der Waals surface area contributed by atoms with Crippen LogP contribution in [0.15, 0.2) is 53.6 Å². The summed E-state index contributed by atoms with van der Waals surface area (Å²) < 4.78 is 0. The number of hydrogen-bond acceptors (Lipinski definition) is 3. The van der Waals surface area contributed by atoms with Gasteiger partial charge >= 0.3 is 0 Å².